The quantitative estimate of drug-likeness (QED) is 0.348. The molecule has 0 unspecified atom stereocenters. The number of hydrogen-bond donors (Lipinski definition) is 0. The topological polar surface area (TPSA) is 26.3 Å². The van der Waals surface area contributed by atoms with E-state index in [1.165, 1.54) is 60.3 Å². The predicted octanol–water partition coefficient (Wildman–Crippen LogP) is 6.12. The first-order valence-corrected chi connectivity index (χ1v) is 13.2. The summed E-state index contributed by atoms with van der Waals surface area (Å²) in [7, 11) is 0.347. The molecular formula is C26H31O2S+. The van der Waals surface area contributed by atoms with Gasteiger partial charge in [0, 0.05) is 21.7 Å². The largest absolute Gasteiger partial charge is 0.425 e. The fourth-order valence-electron chi connectivity index (χ4n) is 7.20. The summed E-state index contributed by atoms with van der Waals surface area (Å²) in [6, 6.07) is 12.9. The van der Waals surface area contributed by atoms with Gasteiger partial charge in [0.1, 0.15) is 17.3 Å². The van der Waals surface area contributed by atoms with Gasteiger partial charge in [0.2, 0.25) is 0 Å². The summed E-state index contributed by atoms with van der Waals surface area (Å²) in [6.07, 6.45) is 11.3. The van der Waals surface area contributed by atoms with Crippen molar-refractivity contribution in [2.75, 3.05) is 11.5 Å². The molecule has 152 valence electrons. The normalized spacial score (nSPS) is 33.9. The van der Waals surface area contributed by atoms with Gasteiger partial charge in [0.15, 0.2) is 4.90 Å². The summed E-state index contributed by atoms with van der Waals surface area (Å²) >= 11 is 0. The van der Waals surface area contributed by atoms with Gasteiger partial charge in [-0.1, -0.05) is 18.2 Å². The van der Waals surface area contributed by atoms with E-state index < -0.39 is 0 Å². The van der Waals surface area contributed by atoms with Gasteiger partial charge in [0.05, 0.1) is 5.41 Å². The van der Waals surface area contributed by atoms with Crippen molar-refractivity contribution in [3.8, 4) is 5.75 Å². The molecule has 5 fully saturated rings. The Balaban J connectivity index is 1.32. The molecule has 7 rings (SSSR count). The third-order valence-corrected chi connectivity index (χ3v) is 10.7. The highest BCUT2D eigenvalue weighted by molar-refractivity contribution is 7.97. The minimum Gasteiger partial charge on any atom is -0.425 e. The molecule has 4 bridgehead atoms. The summed E-state index contributed by atoms with van der Waals surface area (Å²) in [4.78, 5) is 15.0. The highest BCUT2D eigenvalue weighted by Gasteiger charge is 2.55. The second kappa shape index (κ2) is 7.04. The average molecular weight is 408 g/mol. The lowest BCUT2D eigenvalue weighted by molar-refractivity contribution is -0.161. The number of ether oxygens (including phenoxy) is 1. The first-order valence-electron chi connectivity index (χ1n) is 11.6. The van der Waals surface area contributed by atoms with E-state index in [1.807, 2.05) is 0 Å². The number of benzene rings is 2. The molecule has 1 saturated heterocycles. The molecule has 2 aromatic carbocycles. The molecular weight excluding hydrogens is 376 g/mol. The minimum atomic E-state index is -0.195. The summed E-state index contributed by atoms with van der Waals surface area (Å²) in [6.45, 7) is 0. The molecule has 0 amide bonds. The Morgan fingerprint density at radius 3 is 2.10 bits per heavy atom. The number of hydrogen-bond acceptors (Lipinski definition) is 2. The first kappa shape index (κ1) is 18.3. The van der Waals surface area contributed by atoms with Crippen molar-refractivity contribution >= 4 is 27.6 Å². The Labute approximate surface area is 176 Å². The second-order valence-electron chi connectivity index (χ2n) is 10.2. The monoisotopic (exact) mass is 407 g/mol. The highest BCUT2D eigenvalue weighted by Crippen LogP contribution is 2.60. The van der Waals surface area contributed by atoms with Crippen LogP contribution in [0.5, 0.6) is 5.75 Å². The molecule has 0 atom stereocenters. The van der Waals surface area contributed by atoms with E-state index in [-0.39, 0.29) is 11.4 Å². The van der Waals surface area contributed by atoms with E-state index in [4.69, 9.17) is 4.74 Å². The van der Waals surface area contributed by atoms with Crippen molar-refractivity contribution in [2.24, 2.45) is 23.2 Å². The molecule has 2 nitrogen and oxygen atoms in total. The van der Waals surface area contributed by atoms with Crippen LogP contribution in [-0.4, -0.2) is 17.5 Å². The Morgan fingerprint density at radius 1 is 0.828 bits per heavy atom. The van der Waals surface area contributed by atoms with Gasteiger partial charge >= 0.3 is 5.97 Å². The zero-order valence-corrected chi connectivity index (χ0v) is 18.0. The van der Waals surface area contributed by atoms with Crippen molar-refractivity contribution in [1.29, 1.82) is 0 Å². The maximum absolute atomic E-state index is 13.5. The van der Waals surface area contributed by atoms with Crippen LogP contribution in [-0.2, 0) is 15.7 Å². The smallest absolute Gasteiger partial charge is 0.317 e. The van der Waals surface area contributed by atoms with E-state index >= 15 is 0 Å². The van der Waals surface area contributed by atoms with Crippen LogP contribution < -0.4 is 4.74 Å². The fourth-order valence-corrected chi connectivity index (χ4v) is 9.70. The van der Waals surface area contributed by atoms with Gasteiger partial charge in [-0.15, -0.1) is 0 Å². The minimum absolute atomic E-state index is 0.0645. The van der Waals surface area contributed by atoms with E-state index in [0.29, 0.717) is 10.9 Å². The average Bonchev–Trinajstić information content (AvgIpc) is 2.73. The van der Waals surface area contributed by atoms with E-state index in [2.05, 4.69) is 36.4 Å². The van der Waals surface area contributed by atoms with Crippen LogP contribution in [0.15, 0.2) is 41.3 Å². The van der Waals surface area contributed by atoms with Gasteiger partial charge < -0.3 is 4.74 Å². The molecule has 0 aromatic heterocycles. The van der Waals surface area contributed by atoms with Crippen molar-refractivity contribution in [1.82, 2.24) is 0 Å². The second-order valence-corrected chi connectivity index (χ2v) is 12.4. The molecule has 2 aromatic rings. The number of carbonyl (C=O) groups is 1. The van der Waals surface area contributed by atoms with Gasteiger partial charge in [0.25, 0.3) is 0 Å². The maximum Gasteiger partial charge on any atom is 0.317 e. The predicted molar refractivity (Wildman–Crippen MR) is 119 cm³/mol. The van der Waals surface area contributed by atoms with Crippen LogP contribution in [0.25, 0.3) is 10.8 Å². The standard InChI is InChI=1S/C26H31O2S/c27-25(26-15-18-12-19(16-26)14-20(13-18)17-26)28-23-8-9-24(29-10-4-1-5-11-29)22-7-3-2-6-21(22)23/h2-3,6-9,18-20H,1,4-5,10-17H2/q+1. The first-order chi connectivity index (χ1) is 14.2. The molecule has 0 N–H and O–H groups in total. The Bertz CT molecular complexity index is 908. The van der Waals surface area contributed by atoms with E-state index in [1.54, 1.807) is 0 Å². The lowest BCUT2D eigenvalue weighted by atomic mass is 9.49. The van der Waals surface area contributed by atoms with Crippen LogP contribution in [0.3, 0.4) is 0 Å². The molecule has 0 radical (unpaired) electrons. The molecule has 1 heterocycles. The van der Waals surface area contributed by atoms with Crippen molar-refractivity contribution < 1.29 is 9.53 Å². The van der Waals surface area contributed by atoms with Gasteiger partial charge in [-0.2, -0.15) is 0 Å². The number of carbonyl (C=O) groups excluding carboxylic acids is 1. The van der Waals surface area contributed by atoms with E-state index in [0.717, 1.165) is 48.2 Å². The van der Waals surface area contributed by atoms with Gasteiger partial charge in [-0.25, -0.2) is 0 Å². The molecule has 3 heteroatoms. The maximum atomic E-state index is 13.5. The summed E-state index contributed by atoms with van der Waals surface area (Å²) in [5, 5.41) is 2.43. The SMILES string of the molecule is O=C(Oc1ccc([S+]2CCCCC2)c2ccccc12)C12CC3CC(CC(C3)C1)C2. The molecule has 29 heavy (non-hydrogen) atoms. The molecule has 0 spiro atoms. The zero-order chi connectivity index (χ0) is 19.4. The molecule has 5 aliphatic rings. The lowest BCUT2D eigenvalue weighted by Crippen LogP contribution is -2.51. The van der Waals surface area contributed by atoms with Crippen molar-refractivity contribution in [2.45, 2.75) is 62.7 Å². The lowest BCUT2D eigenvalue weighted by Gasteiger charge is -2.55. The van der Waals surface area contributed by atoms with Crippen LogP contribution in [0.4, 0.5) is 0 Å². The Kier molecular flexibility index (Phi) is 4.44. The van der Waals surface area contributed by atoms with Crippen molar-refractivity contribution in [3.63, 3.8) is 0 Å². The summed E-state index contributed by atoms with van der Waals surface area (Å²) in [5.41, 5.74) is -0.195. The third-order valence-electron chi connectivity index (χ3n) is 8.11. The Morgan fingerprint density at radius 2 is 1.45 bits per heavy atom. The van der Waals surface area contributed by atoms with Gasteiger partial charge in [-0.05, 0) is 93.7 Å². The number of esters is 1. The van der Waals surface area contributed by atoms with Crippen LogP contribution in [0.1, 0.15) is 57.8 Å². The van der Waals surface area contributed by atoms with Crippen LogP contribution in [0, 0.1) is 23.2 Å². The zero-order valence-electron chi connectivity index (χ0n) is 17.2. The summed E-state index contributed by atoms with van der Waals surface area (Å²) < 4.78 is 6.22. The summed E-state index contributed by atoms with van der Waals surface area (Å²) in [5.74, 6) is 5.77. The molecule has 1 aliphatic heterocycles. The molecule has 4 aliphatic carbocycles. The number of rotatable bonds is 3. The molecule has 4 saturated carbocycles. The van der Waals surface area contributed by atoms with Crippen LogP contribution in [0.2, 0.25) is 0 Å². The highest BCUT2D eigenvalue weighted by atomic mass is 32.2. The van der Waals surface area contributed by atoms with Crippen molar-refractivity contribution in [3.05, 3.63) is 36.4 Å². The van der Waals surface area contributed by atoms with Gasteiger partial charge in [-0.3, -0.25) is 4.79 Å². The van der Waals surface area contributed by atoms with E-state index in [9.17, 15) is 4.79 Å². The number of fused-ring (bicyclic) bond motifs is 1. The van der Waals surface area contributed by atoms with Crippen LogP contribution >= 0.6 is 0 Å². The Hall–Kier alpha value is -1.48. The third kappa shape index (κ3) is 3.12. The fraction of sp³-hybridized carbons (Fsp3) is 0.577.